The number of fused-ring (bicyclic) bond motifs is 1. The number of esters is 1. The minimum atomic E-state index is -0.457. The number of aromatic nitrogens is 1. The third kappa shape index (κ3) is 2.73. The maximum absolute atomic E-state index is 12.2. The number of benzene rings is 1. The lowest BCUT2D eigenvalue weighted by Gasteiger charge is -2.14. The maximum atomic E-state index is 12.2. The highest BCUT2D eigenvalue weighted by molar-refractivity contribution is 7.17. The van der Waals surface area contributed by atoms with Crippen molar-refractivity contribution in [1.82, 2.24) is 9.88 Å². The topological polar surface area (TPSA) is 71.5 Å². The highest BCUT2D eigenvalue weighted by Gasteiger charge is 2.23. The van der Waals surface area contributed by atoms with Crippen molar-refractivity contribution >= 4 is 28.5 Å². The highest BCUT2D eigenvalue weighted by Crippen LogP contribution is 2.24. The molecule has 1 aliphatic heterocycles. The van der Waals surface area contributed by atoms with Gasteiger partial charge in [0.25, 0.3) is 0 Å². The first-order valence-corrected chi connectivity index (χ1v) is 7.16. The smallest absolute Gasteiger partial charge is 0.349 e. The van der Waals surface area contributed by atoms with Crippen LogP contribution in [0.1, 0.15) is 20.8 Å². The van der Waals surface area contributed by atoms with Gasteiger partial charge in [-0.1, -0.05) is 35.6 Å². The fraction of sp³-hybridized carbons (Fsp3) is 0.214. The van der Waals surface area contributed by atoms with Crippen LogP contribution in [0.5, 0.6) is 0 Å². The van der Waals surface area contributed by atoms with Crippen molar-refractivity contribution in [3.05, 3.63) is 46.5 Å². The summed E-state index contributed by atoms with van der Waals surface area (Å²) in [5.74, 6) is -0.457. The van der Waals surface area contributed by atoms with Crippen molar-refractivity contribution in [1.29, 1.82) is 0 Å². The van der Waals surface area contributed by atoms with E-state index in [2.05, 4.69) is 15.0 Å². The number of amides is 2. The second-order valence-corrected chi connectivity index (χ2v) is 5.61. The van der Waals surface area contributed by atoms with Gasteiger partial charge in [-0.25, -0.2) is 14.6 Å². The van der Waals surface area contributed by atoms with Crippen LogP contribution in [0.25, 0.3) is 0 Å². The van der Waals surface area contributed by atoms with Crippen molar-refractivity contribution in [2.45, 2.75) is 13.1 Å². The first kappa shape index (κ1) is 13.6. The van der Waals surface area contributed by atoms with E-state index >= 15 is 0 Å². The summed E-state index contributed by atoms with van der Waals surface area (Å²) in [6.07, 6.45) is 1.39. The monoisotopic (exact) mass is 303 g/mol. The van der Waals surface area contributed by atoms with Crippen LogP contribution in [0.4, 0.5) is 9.93 Å². The van der Waals surface area contributed by atoms with Crippen molar-refractivity contribution < 1.29 is 14.3 Å². The molecule has 0 atom stereocenters. The quantitative estimate of drug-likeness (QED) is 0.865. The van der Waals surface area contributed by atoms with Crippen molar-refractivity contribution in [2.24, 2.45) is 0 Å². The molecule has 0 saturated carbocycles. The Hall–Kier alpha value is -2.41. The molecule has 1 aromatic carbocycles. The summed E-state index contributed by atoms with van der Waals surface area (Å²) in [7, 11) is 1.31. The van der Waals surface area contributed by atoms with Gasteiger partial charge in [0, 0.05) is 13.1 Å². The molecule has 0 fully saturated rings. The van der Waals surface area contributed by atoms with E-state index in [0.717, 1.165) is 22.5 Å². The largest absolute Gasteiger partial charge is 0.465 e. The van der Waals surface area contributed by atoms with Gasteiger partial charge in [-0.3, -0.25) is 5.32 Å². The summed E-state index contributed by atoms with van der Waals surface area (Å²) in [6.45, 7) is 1.16. The summed E-state index contributed by atoms with van der Waals surface area (Å²) in [5, 5.41) is 3.09. The molecule has 0 unspecified atom stereocenters. The van der Waals surface area contributed by atoms with Gasteiger partial charge in [0.1, 0.15) is 4.88 Å². The van der Waals surface area contributed by atoms with Crippen LogP contribution in [0.3, 0.4) is 0 Å². The Kier molecular flexibility index (Phi) is 3.57. The average molecular weight is 303 g/mol. The second-order valence-electron chi connectivity index (χ2n) is 4.58. The zero-order chi connectivity index (χ0) is 14.8. The van der Waals surface area contributed by atoms with E-state index in [-0.39, 0.29) is 6.03 Å². The number of carbonyl (C=O) groups is 2. The molecule has 0 spiro atoms. The molecule has 108 valence electrons. The van der Waals surface area contributed by atoms with Crippen molar-refractivity contribution in [2.75, 3.05) is 12.4 Å². The van der Waals surface area contributed by atoms with Crippen LogP contribution in [0.15, 0.2) is 30.5 Å². The first-order chi connectivity index (χ1) is 10.2. The maximum Gasteiger partial charge on any atom is 0.349 e. The Balaban J connectivity index is 1.65. The molecule has 0 radical (unpaired) electrons. The number of methoxy groups -OCH3 is 1. The molecule has 0 saturated heterocycles. The lowest BCUT2D eigenvalue weighted by Crippen LogP contribution is -2.30. The molecule has 7 heteroatoms. The van der Waals surface area contributed by atoms with E-state index < -0.39 is 5.97 Å². The van der Waals surface area contributed by atoms with Gasteiger partial charge in [-0.2, -0.15) is 0 Å². The lowest BCUT2D eigenvalue weighted by atomic mass is 10.1. The van der Waals surface area contributed by atoms with E-state index in [1.807, 2.05) is 24.3 Å². The molecule has 2 aromatic rings. The molecular formula is C14H13N3O3S. The number of rotatable bonds is 2. The number of thiazole rings is 1. The minimum Gasteiger partial charge on any atom is -0.465 e. The highest BCUT2D eigenvalue weighted by atomic mass is 32.1. The minimum absolute atomic E-state index is 0.225. The molecule has 0 aliphatic carbocycles. The van der Waals surface area contributed by atoms with E-state index in [4.69, 9.17) is 0 Å². The summed E-state index contributed by atoms with van der Waals surface area (Å²) in [6, 6.07) is 7.73. The van der Waals surface area contributed by atoms with Gasteiger partial charge in [0.15, 0.2) is 5.13 Å². The van der Waals surface area contributed by atoms with Crippen molar-refractivity contribution in [3.8, 4) is 0 Å². The molecule has 2 heterocycles. The van der Waals surface area contributed by atoms with Crippen LogP contribution in [0, 0.1) is 0 Å². The van der Waals surface area contributed by atoms with Gasteiger partial charge >= 0.3 is 12.0 Å². The van der Waals surface area contributed by atoms with Gasteiger partial charge in [0.05, 0.1) is 13.3 Å². The zero-order valence-electron chi connectivity index (χ0n) is 11.3. The number of hydrogen-bond donors (Lipinski definition) is 1. The normalized spacial score (nSPS) is 12.9. The number of hydrogen-bond acceptors (Lipinski definition) is 5. The van der Waals surface area contributed by atoms with E-state index in [0.29, 0.717) is 23.1 Å². The Labute approximate surface area is 125 Å². The van der Waals surface area contributed by atoms with Crippen LogP contribution >= 0.6 is 11.3 Å². The van der Waals surface area contributed by atoms with E-state index in [9.17, 15) is 9.59 Å². The van der Waals surface area contributed by atoms with Gasteiger partial charge in [-0.05, 0) is 11.1 Å². The molecule has 21 heavy (non-hydrogen) atoms. The number of anilines is 1. The number of nitrogens with zero attached hydrogens (tertiary/aromatic N) is 2. The number of ether oxygens (including phenoxy) is 1. The van der Waals surface area contributed by atoms with Crippen LogP contribution in [0.2, 0.25) is 0 Å². The molecule has 0 bridgehead atoms. The zero-order valence-corrected chi connectivity index (χ0v) is 12.1. The standard InChI is InChI=1S/C14H13N3O3S/c1-20-12(18)11-6-15-13(21-11)16-14(19)17-7-9-4-2-3-5-10(9)8-17/h2-6H,7-8H2,1H3,(H,15,16,19). The molecule has 3 rings (SSSR count). The summed E-state index contributed by atoms with van der Waals surface area (Å²) >= 11 is 1.09. The van der Waals surface area contributed by atoms with Crippen LogP contribution < -0.4 is 5.32 Å². The van der Waals surface area contributed by atoms with Gasteiger partial charge in [0.2, 0.25) is 0 Å². The third-order valence-corrected chi connectivity index (χ3v) is 4.13. The molecule has 1 aromatic heterocycles. The number of nitrogens with one attached hydrogen (secondary N) is 1. The van der Waals surface area contributed by atoms with Gasteiger partial charge in [-0.15, -0.1) is 0 Å². The van der Waals surface area contributed by atoms with Crippen LogP contribution in [-0.2, 0) is 17.8 Å². The lowest BCUT2D eigenvalue weighted by molar-refractivity contribution is 0.0606. The molecule has 1 N–H and O–H groups in total. The Morgan fingerprint density at radius 1 is 1.29 bits per heavy atom. The van der Waals surface area contributed by atoms with E-state index in [1.165, 1.54) is 13.3 Å². The summed E-state index contributed by atoms with van der Waals surface area (Å²) in [5.41, 5.74) is 2.31. The predicted molar refractivity (Wildman–Crippen MR) is 78.2 cm³/mol. The SMILES string of the molecule is COC(=O)c1cnc(NC(=O)N2Cc3ccccc3C2)s1. The molecule has 1 aliphatic rings. The fourth-order valence-electron chi connectivity index (χ4n) is 2.17. The number of urea groups is 1. The third-order valence-electron chi connectivity index (χ3n) is 3.23. The summed E-state index contributed by atoms with van der Waals surface area (Å²) < 4.78 is 4.61. The average Bonchev–Trinajstić information content (AvgIpc) is 3.12. The summed E-state index contributed by atoms with van der Waals surface area (Å²) in [4.78, 5) is 29.6. The number of carbonyl (C=O) groups excluding carboxylic acids is 2. The molecule has 2 amide bonds. The Morgan fingerprint density at radius 2 is 1.95 bits per heavy atom. The fourth-order valence-corrected chi connectivity index (χ4v) is 2.90. The molecular weight excluding hydrogens is 290 g/mol. The predicted octanol–water partition coefficient (Wildman–Crippen LogP) is 2.48. The van der Waals surface area contributed by atoms with E-state index in [1.54, 1.807) is 4.90 Å². The second kappa shape index (κ2) is 5.53. The van der Waals surface area contributed by atoms with Crippen LogP contribution in [-0.4, -0.2) is 29.0 Å². The van der Waals surface area contributed by atoms with Gasteiger partial charge < -0.3 is 9.64 Å². The Bertz CT molecular complexity index is 673. The first-order valence-electron chi connectivity index (χ1n) is 6.34. The Morgan fingerprint density at radius 3 is 2.57 bits per heavy atom. The molecule has 6 nitrogen and oxygen atoms in total. The van der Waals surface area contributed by atoms with Crippen molar-refractivity contribution in [3.63, 3.8) is 0 Å².